The molecule has 2 unspecified atom stereocenters. The SMILES string of the molecule is Cc1nccc(-c2ccc(Oc3ccc(Cl)c(Cl)c3)c(C3CCC(C)N3)c2)n1. The topological polar surface area (TPSA) is 47.0 Å². The quantitative estimate of drug-likeness (QED) is 0.539. The van der Waals surface area contributed by atoms with Gasteiger partial charge in [-0.15, -0.1) is 0 Å². The zero-order valence-corrected chi connectivity index (χ0v) is 17.3. The van der Waals surface area contributed by atoms with Crippen LogP contribution in [0.25, 0.3) is 11.3 Å². The number of hydrogen-bond acceptors (Lipinski definition) is 4. The van der Waals surface area contributed by atoms with Gasteiger partial charge in [0, 0.05) is 35.5 Å². The highest BCUT2D eigenvalue weighted by Gasteiger charge is 2.25. The molecule has 1 aromatic heterocycles. The van der Waals surface area contributed by atoms with Gasteiger partial charge in [0.15, 0.2) is 0 Å². The highest BCUT2D eigenvalue weighted by atomic mass is 35.5. The fraction of sp³-hybridized carbons (Fsp3) is 0.273. The minimum absolute atomic E-state index is 0.232. The summed E-state index contributed by atoms with van der Waals surface area (Å²) in [5, 5.41) is 4.63. The number of nitrogens with one attached hydrogen (secondary N) is 1. The smallest absolute Gasteiger partial charge is 0.132 e. The van der Waals surface area contributed by atoms with E-state index in [9.17, 15) is 0 Å². The number of halogens is 2. The summed E-state index contributed by atoms with van der Waals surface area (Å²) in [5.74, 6) is 2.22. The lowest BCUT2D eigenvalue weighted by Gasteiger charge is -2.19. The second kappa shape index (κ2) is 8.08. The first-order valence-electron chi connectivity index (χ1n) is 9.32. The Hall–Kier alpha value is -2.14. The minimum atomic E-state index is 0.232. The minimum Gasteiger partial charge on any atom is -0.457 e. The highest BCUT2D eigenvalue weighted by molar-refractivity contribution is 6.42. The molecule has 4 rings (SSSR count). The number of benzene rings is 2. The Labute approximate surface area is 174 Å². The number of aryl methyl sites for hydroxylation is 1. The van der Waals surface area contributed by atoms with Crippen molar-refractivity contribution in [2.24, 2.45) is 0 Å². The Kier molecular flexibility index (Phi) is 5.54. The number of ether oxygens (including phenoxy) is 1. The predicted octanol–water partition coefficient (Wildman–Crippen LogP) is 6.36. The van der Waals surface area contributed by atoms with Gasteiger partial charge in [0.1, 0.15) is 17.3 Å². The average Bonchev–Trinajstić information content (AvgIpc) is 3.11. The summed E-state index contributed by atoms with van der Waals surface area (Å²) in [6, 6.07) is 14.1. The number of rotatable bonds is 4. The van der Waals surface area contributed by atoms with E-state index in [1.807, 2.05) is 31.2 Å². The average molecular weight is 414 g/mol. The van der Waals surface area contributed by atoms with Gasteiger partial charge in [-0.05, 0) is 63.1 Å². The van der Waals surface area contributed by atoms with Crippen LogP contribution in [0.5, 0.6) is 11.5 Å². The van der Waals surface area contributed by atoms with Gasteiger partial charge in [-0.1, -0.05) is 23.2 Å². The van der Waals surface area contributed by atoms with Gasteiger partial charge in [-0.25, -0.2) is 9.97 Å². The summed E-state index contributed by atoms with van der Waals surface area (Å²) in [5.41, 5.74) is 3.06. The molecule has 144 valence electrons. The zero-order chi connectivity index (χ0) is 19.7. The van der Waals surface area contributed by atoms with Crippen molar-refractivity contribution in [3.8, 4) is 22.8 Å². The molecule has 1 N–H and O–H groups in total. The number of hydrogen-bond donors (Lipinski definition) is 1. The van der Waals surface area contributed by atoms with Gasteiger partial charge in [0.25, 0.3) is 0 Å². The monoisotopic (exact) mass is 413 g/mol. The van der Waals surface area contributed by atoms with Gasteiger partial charge >= 0.3 is 0 Å². The predicted molar refractivity (Wildman–Crippen MR) is 113 cm³/mol. The van der Waals surface area contributed by atoms with Crippen LogP contribution < -0.4 is 10.1 Å². The van der Waals surface area contributed by atoms with Gasteiger partial charge in [0.05, 0.1) is 15.7 Å². The molecular weight excluding hydrogens is 393 g/mol. The van der Waals surface area contributed by atoms with E-state index in [-0.39, 0.29) is 6.04 Å². The molecule has 0 amide bonds. The van der Waals surface area contributed by atoms with Crippen LogP contribution in [0.15, 0.2) is 48.7 Å². The van der Waals surface area contributed by atoms with Crippen LogP contribution in [0.1, 0.15) is 37.2 Å². The molecule has 0 aliphatic carbocycles. The van der Waals surface area contributed by atoms with E-state index in [0.717, 1.165) is 41.2 Å². The molecule has 4 nitrogen and oxygen atoms in total. The lowest BCUT2D eigenvalue weighted by molar-refractivity contribution is 0.463. The van der Waals surface area contributed by atoms with Gasteiger partial charge < -0.3 is 10.1 Å². The summed E-state index contributed by atoms with van der Waals surface area (Å²) in [7, 11) is 0. The van der Waals surface area contributed by atoms with Crippen molar-refractivity contribution in [3.05, 3.63) is 70.1 Å². The molecule has 2 atom stereocenters. The first kappa shape index (κ1) is 19.2. The van der Waals surface area contributed by atoms with Crippen molar-refractivity contribution < 1.29 is 4.74 Å². The molecule has 1 aliphatic heterocycles. The molecule has 0 radical (unpaired) electrons. The van der Waals surface area contributed by atoms with Crippen molar-refractivity contribution in [1.29, 1.82) is 0 Å². The Morgan fingerprint density at radius 3 is 2.61 bits per heavy atom. The summed E-state index contributed by atoms with van der Waals surface area (Å²) in [4.78, 5) is 8.75. The third kappa shape index (κ3) is 4.14. The van der Waals surface area contributed by atoms with Crippen LogP contribution in [0.3, 0.4) is 0 Å². The molecule has 2 aromatic carbocycles. The van der Waals surface area contributed by atoms with Crippen LogP contribution in [0.2, 0.25) is 10.0 Å². The second-order valence-corrected chi connectivity index (χ2v) is 7.93. The molecule has 1 aliphatic rings. The Bertz CT molecular complexity index is 1010. The maximum atomic E-state index is 6.19. The van der Waals surface area contributed by atoms with E-state index in [2.05, 4.69) is 28.3 Å². The molecule has 3 aromatic rings. The van der Waals surface area contributed by atoms with Crippen molar-refractivity contribution in [1.82, 2.24) is 15.3 Å². The van der Waals surface area contributed by atoms with Crippen molar-refractivity contribution in [2.75, 3.05) is 0 Å². The van der Waals surface area contributed by atoms with E-state index in [4.69, 9.17) is 27.9 Å². The molecular formula is C22H21Cl2N3O. The van der Waals surface area contributed by atoms with E-state index in [1.165, 1.54) is 0 Å². The maximum Gasteiger partial charge on any atom is 0.132 e. The largest absolute Gasteiger partial charge is 0.457 e. The third-order valence-corrected chi connectivity index (χ3v) is 5.69. The molecule has 0 saturated carbocycles. The van der Waals surface area contributed by atoms with Crippen LogP contribution in [0, 0.1) is 6.92 Å². The normalized spacial score (nSPS) is 19.0. The summed E-state index contributed by atoms with van der Waals surface area (Å²) < 4.78 is 6.19. The lowest BCUT2D eigenvalue weighted by atomic mass is 9.99. The Balaban J connectivity index is 1.73. The molecule has 1 saturated heterocycles. The molecule has 0 bridgehead atoms. The fourth-order valence-corrected chi connectivity index (χ4v) is 3.82. The Morgan fingerprint density at radius 1 is 1.04 bits per heavy atom. The van der Waals surface area contributed by atoms with E-state index < -0.39 is 0 Å². The van der Waals surface area contributed by atoms with Gasteiger partial charge in [-0.2, -0.15) is 0 Å². The number of aromatic nitrogens is 2. The van der Waals surface area contributed by atoms with Crippen molar-refractivity contribution in [2.45, 2.75) is 38.8 Å². The van der Waals surface area contributed by atoms with Crippen LogP contribution in [-0.4, -0.2) is 16.0 Å². The summed E-state index contributed by atoms with van der Waals surface area (Å²) in [6.45, 7) is 4.10. The molecule has 0 spiro atoms. The molecule has 28 heavy (non-hydrogen) atoms. The van der Waals surface area contributed by atoms with Crippen molar-refractivity contribution in [3.63, 3.8) is 0 Å². The van der Waals surface area contributed by atoms with E-state index in [0.29, 0.717) is 21.8 Å². The zero-order valence-electron chi connectivity index (χ0n) is 15.7. The van der Waals surface area contributed by atoms with Gasteiger partial charge in [-0.3, -0.25) is 0 Å². The van der Waals surface area contributed by atoms with Crippen LogP contribution >= 0.6 is 23.2 Å². The maximum absolute atomic E-state index is 6.19. The Morgan fingerprint density at radius 2 is 1.89 bits per heavy atom. The van der Waals surface area contributed by atoms with E-state index in [1.54, 1.807) is 18.3 Å². The lowest BCUT2D eigenvalue weighted by Crippen LogP contribution is -2.21. The molecule has 1 fully saturated rings. The van der Waals surface area contributed by atoms with Gasteiger partial charge in [0.2, 0.25) is 0 Å². The molecule has 2 heterocycles. The van der Waals surface area contributed by atoms with Crippen molar-refractivity contribution >= 4 is 23.2 Å². The standard InChI is InChI=1S/C22H21Cl2N3O/c1-13-3-7-21(26-13)17-11-15(20-9-10-25-14(2)27-20)4-8-22(17)28-16-5-6-18(23)19(24)12-16/h4-6,8-13,21,26H,3,7H2,1-2H3. The first-order chi connectivity index (χ1) is 13.5. The number of nitrogens with zero attached hydrogens (tertiary/aromatic N) is 2. The first-order valence-corrected chi connectivity index (χ1v) is 10.1. The fourth-order valence-electron chi connectivity index (χ4n) is 3.53. The summed E-state index contributed by atoms with van der Waals surface area (Å²) >= 11 is 12.2. The van der Waals surface area contributed by atoms with Crippen LogP contribution in [0.4, 0.5) is 0 Å². The second-order valence-electron chi connectivity index (χ2n) is 7.12. The van der Waals surface area contributed by atoms with E-state index >= 15 is 0 Å². The van der Waals surface area contributed by atoms with Crippen LogP contribution in [-0.2, 0) is 0 Å². The molecule has 6 heteroatoms. The summed E-state index contributed by atoms with van der Waals surface area (Å²) in [6.07, 6.45) is 3.98. The highest BCUT2D eigenvalue weighted by Crippen LogP contribution is 2.38. The third-order valence-electron chi connectivity index (χ3n) is 4.95.